The van der Waals surface area contributed by atoms with Crippen LogP contribution >= 0.6 is 0 Å². The normalized spacial score (nSPS) is 13.6. The fourth-order valence-electron chi connectivity index (χ4n) is 1.26. The van der Waals surface area contributed by atoms with Crippen molar-refractivity contribution in [1.29, 1.82) is 0 Å². The van der Waals surface area contributed by atoms with Crippen LogP contribution in [0.3, 0.4) is 0 Å². The monoisotopic (exact) mass is 276 g/mol. The van der Waals surface area contributed by atoms with Gasteiger partial charge in [-0.15, -0.1) is 0 Å². The number of carbonyl (C=O) groups is 1. The first kappa shape index (κ1) is 14.5. The molecular weight excluding hydrogens is 263 g/mol. The van der Waals surface area contributed by atoms with Gasteiger partial charge in [0.1, 0.15) is 6.04 Å². The van der Waals surface area contributed by atoms with Crippen molar-refractivity contribution in [2.75, 3.05) is 0 Å². The molecule has 6 nitrogen and oxygen atoms in total. The quantitative estimate of drug-likeness (QED) is 0.821. The molecule has 0 bridgehead atoms. The third-order valence-corrected chi connectivity index (χ3v) is 3.57. The van der Waals surface area contributed by atoms with Crippen LogP contribution in [0.4, 0.5) is 4.39 Å². The average molecular weight is 276 g/mol. The van der Waals surface area contributed by atoms with Gasteiger partial charge >= 0.3 is 5.97 Å². The Bertz CT molecular complexity index is 545. The molecule has 18 heavy (non-hydrogen) atoms. The standard InChI is InChI=1S/C10H13FN2O4S/c1-6(2)8(10(14)15)13-18(16,17)9-7(11)4-3-5-12-9/h3-6,8,13H,1-2H3,(H,14,15). The number of carboxylic acid groups (broad SMARTS) is 1. The summed E-state index contributed by atoms with van der Waals surface area (Å²) >= 11 is 0. The average Bonchev–Trinajstić information content (AvgIpc) is 2.25. The van der Waals surface area contributed by atoms with Gasteiger partial charge in [-0.3, -0.25) is 4.79 Å². The van der Waals surface area contributed by atoms with E-state index in [9.17, 15) is 17.6 Å². The molecule has 2 N–H and O–H groups in total. The Balaban J connectivity index is 3.09. The summed E-state index contributed by atoms with van der Waals surface area (Å²) in [6.07, 6.45) is 1.11. The Labute approximate surface area is 104 Å². The highest BCUT2D eigenvalue weighted by Gasteiger charge is 2.30. The molecule has 1 heterocycles. The highest BCUT2D eigenvalue weighted by atomic mass is 32.2. The number of hydrogen-bond donors (Lipinski definition) is 2. The van der Waals surface area contributed by atoms with E-state index in [1.807, 2.05) is 4.72 Å². The summed E-state index contributed by atoms with van der Waals surface area (Å²) in [6.45, 7) is 3.08. The van der Waals surface area contributed by atoms with Crippen LogP contribution in [-0.2, 0) is 14.8 Å². The number of nitrogens with one attached hydrogen (secondary N) is 1. The summed E-state index contributed by atoms with van der Waals surface area (Å²) in [7, 11) is -4.30. The van der Waals surface area contributed by atoms with Crippen molar-refractivity contribution in [2.45, 2.75) is 24.9 Å². The Morgan fingerprint density at radius 3 is 2.56 bits per heavy atom. The third-order valence-electron chi connectivity index (χ3n) is 2.19. The molecule has 0 amide bonds. The van der Waals surface area contributed by atoms with Crippen LogP contribution in [0.15, 0.2) is 23.4 Å². The van der Waals surface area contributed by atoms with Crippen molar-refractivity contribution >= 4 is 16.0 Å². The van der Waals surface area contributed by atoms with E-state index in [0.717, 1.165) is 12.3 Å². The van der Waals surface area contributed by atoms with Crippen LogP contribution in [0, 0.1) is 11.7 Å². The second-order valence-corrected chi connectivity index (χ2v) is 5.60. The fraction of sp³-hybridized carbons (Fsp3) is 0.400. The minimum Gasteiger partial charge on any atom is -0.480 e. The van der Waals surface area contributed by atoms with Crippen molar-refractivity contribution in [2.24, 2.45) is 5.92 Å². The number of hydrogen-bond acceptors (Lipinski definition) is 4. The topological polar surface area (TPSA) is 96.4 Å². The van der Waals surface area contributed by atoms with Crippen LogP contribution in [0.5, 0.6) is 0 Å². The van der Waals surface area contributed by atoms with Gasteiger partial charge in [0.15, 0.2) is 5.82 Å². The highest BCUT2D eigenvalue weighted by Crippen LogP contribution is 2.12. The number of sulfonamides is 1. The van der Waals surface area contributed by atoms with Crippen molar-refractivity contribution in [3.05, 3.63) is 24.1 Å². The van der Waals surface area contributed by atoms with Crippen LogP contribution < -0.4 is 4.72 Å². The number of nitrogens with zero attached hydrogens (tertiary/aromatic N) is 1. The van der Waals surface area contributed by atoms with Crippen molar-refractivity contribution in [1.82, 2.24) is 9.71 Å². The molecule has 1 aromatic rings. The lowest BCUT2D eigenvalue weighted by Gasteiger charge is -2.17. The maximum Gasteiger partial charge on any atom is 0.322 e. The molecule has 100 valence electrons. The third kappa shape index (κ3) is 3.23. The lowest BCUT2D eigenvalue weighted by molar-refractivity contribution is -0.140. The number of aliphatic carboxylic acids is 1. The SMILES string of the molecule is CC(C)C(NS(=O)(=O)c1ncccc1F)C(=O)O. The van der Waals surface area contributed by atoms with Crippen LogP contribution in [0.1, 0.15) is 13.8 Å². The number of aromatic nitrogens is 1. The minimum atomic E-state index is -4.30. The molecule has 0 aromatic carbocycles. The molecule has 0 fully saturated rings. The van der Waals surface area contributed by atoms with E-state index in [2.05, 4.69) is 4.98 Å². The van der Waals surface area contributed by atoms with Crippen molar-refractivity contribution in [3.63, 3.8) is 0 Å². The zero-order valence-corrected chi connectivity index (χ0v) is 10.6. The van der Waals surface area contributed by atoms with Crippen molar-refractivity contribution in [3.8, 4) is 0 Å². The van der Waals surface area contributed by atoms with Gasteiger partial charge in [-0.1, -0.05) is 13.8 Å². The Hall–Kier alpha value is -1.54. The zero-order valence-electron chi connectivity index (χ0n) is 9.79. The Kier molecular flexibility index (Phi) is 4.36. The smallest absolute Gasteiger partial charge is 0.322 e. The van der Waals surface area contributed by atoms with E-state index in [1.54, 1.807) is 0 Å². The molecule has 1 atom stereocenters. The molecule has 0 aliphatic rings. The van der Waals surface area contributed by atoms with E-state index >= 15 is 0 Å². The molecule has 0 radical (unpaired) electrons. The predicted octanol–water partition coefficient (Wildman–Crippen LogP) is 0.608. The van der Waals surface area contributed by atoms with Gasteiger partial charge in [-0.25, -0.2) is 17.8 Å². The molecule has 0 saturated heterocycles. The number of halogens is 1. The lowest BCUT2D eigenvalue weighted by atomic mass is 10.1. The fourth-order valence-corrected chi connectivity index (χ4v) is 2.61. The molecule has 1 rings (SSSR count). The minimum absolute atomic E-state index is 0.482. The van der Waals surface area contributed by atoms with Gasteiger partial charge < -0.3 is 5.11 Å². The molecular formula is C10H13FN2O4S. The maximum absolute atomic E-state index is 13.3. The van der Waals surface area contributed by atoms with Gasteiger partial charge in [0.2, 0.25) is 5.03 Å². The molecule has 0 aliphatic heterocycles. The summed E-state index contributed by atoms with van der Waals surface area (Å²) in [5, 5.41) is 8.07. The van der Waals surface area contributed by atoms with Gasteiger partial charge in [0, 0.05) is 6.20 Å². The summed E-state index contributed by atoms with van der Waals surface area (Å²) in [4.78, 5) is 14.3. The summed E-state index contributed by atoms with van der Waals surface area (Å²) in [6, 6.07) is 0.842. The van der Waals surface area contributed by atoms with Gasteiger partial charge in [0.25, 0.3) is 10.0 Å². The Morgan fingerprint density at radius 2 is 2.11 bits per heavy atom. The second-order valence-electron chi connectivity index (χ2n) is 3.97. The van der Waals surface area contributed by atoms with E-state index in [0.29, 0.717) is 0 Å². The molecule has 0 spiro atoms. The molecule has 8 heteroatoms. The molecule has 1 unspecified atom stereocenters. The number of rotatable bonds is 5. The van der Waals surface area contributed by atoms with Crippen LogP contribution in [0.2, 0.25) is 0 Å². The van der Waals surface area contributed by atoms with E-state index in [-0.39, 0.29) is 0 Å². The number of pyridine rings is 1. The van der Waals surface area contributed by atoms with E-state index in [4.69, 9.17) is 5.11 Å². The van der Waals surface area contributed by atoms with Crippen LogP contribution in [-0.4, -0.2) is 30.5 Å². The predicted molar refractivity (Wildman–Crippen MR) is 60.8 cm³/mol. The summed E-state index contributed by atoms with van der Waals surface area (Å²) < 4.78 is 38.8. The highest BCUT2D eigenvalue weighted by molar-refractivity contribution is 7.89. The lowest BCUT2D eigenvalue weighted by Crippen LogP contribution is -2.44. The van der Waals surface area contributed by atoms with Gasteiger partial charge in [-0.2, -0.15) is 4.72 Å². The first-order valence-electron chi connectivity index (χ1n) is 5.11. The Morgan fingerprint density at radius 1 is 1.50 bits per heavy atom. The molecule has 0 aliphatic carbocycles. The van der Waals surface area contributed by atoms with Gasteiger partial charge in [0.05, 0.1) is 0 Å². The van der Waals surface area contributed by atoms with Crippen molar-refractivity contribution < 1.29 is 22.7 Å². The maximum atomic E-state index is 13.3. The van der Waals surface area contributed by atoms with E-state index in [1.165, 1.54) is 19.9 Å². The zero-order chi connectivity index (χ0) is 13.9. The van der Waals surface area contributed by atoms with E-state index < -0.39 is 38.8 Å². The summed E-state index contributed by atoms with van der Waals surface area (Å²) in [5.41, 5.74) is 0. The second kappa shape index (κ2) is 5.40. The molecule has 1 aromatic heterocycles. The first-order valence-corrected chi connectivity index (χ1v) is 6.59. The summed E-state index contributed by atoms with van der Waals surface area (Å²) in [5.74, 6) is -2.84. The largest absolute Gasteiger partial charge is 0.480 e. The molecule has 0 saturated carbocycles. The van der Waals surface area contributed by atoms with Crippen LogP contribution in [0.25, 0.3) is 0 Å². The first-order chi connectivity index (χ1) is 8.25. The van der Waals surface area contributed by atoms with Gasteiger partial charge in [-0.05, 0) is 18.1 Å². The number of carboxylic acids is 1.